The molecule has 0 aliphatic heterocycles. The Hall–Kier alpha value is -4.18. The number of phenols is 1. The third kappa shape index (κ3) is 6.01. The van der Waals surface area contributed by atoms with Gasteiger partial charge in [0.25, 0.3) is 0 Å². The lowest BCUT2D eigenvalue weighted by atomic mass is 9.86. The van der Waals surface area contributed by atoms with Crippen LogP contribution in [0.15, 0.2) is 81.6 Å². The summed E-state index contributed by atoms with van der Waals surface area (Å²) in [7, 11) is -5.72. The Morgan fingerprint density at radius 2 is 1.00 bits per heavy atom. The minimum absolute atomic E-state index is 0.106. The number of aromatic hydroxyl groups is 1. The van der Waals surface area contributed by atoms with E-state index >= 15 is 0 Å². The van der Waals surface area contributed by atoms with E-state index < -0.39 is 21.4 Å². The van der Waals surface area contributed by atoms with Crippen LogP contribution >= 0.6 is 0 Å². The van der Waals surface area contributed by atoms with Gasteiger partial charge < -0.3 is 18.1 Å². The van der Waals surface area contributed by atoms with E-state index in [-0.39, 0.29) is 16.6 Å². The molecule has 2 aromatic heterocycles. The number of fused-ring (bicyclic) bond motifs is 6. The zero-order valence-electron chi connectivity index (χ0n) is 24.5. The fourth-order valence-electron chi connectivity index (χ4n) is 4.68. The SMILES string of the molecule is CC(C)(C)c1ccc2oc3ccc(O)cc3c2c1.CC(C)(C)c1ccc2oc3ccc(OS(=O)(=O)C(F)(F)F)cc3c2c1. The molecule has 0 spiro atoms. The molecule has 2 heterocycles. The molecule has 0 unspecified atom stereocenters. The van der Waals surface area contributed by atoms with E-state index in [4.69, 9.17) is 8.83 Å². The van der Waals surface area contributed by atoms with Crippen molar-refractivity contribution in [1.82, 2.24) is 0 Å². The topological polar surface area (TPSA) is 89.9 Å². The number of phenolic OH excluding ortho intramolecular Hbond substituents is 1. The lowest BCUT2D eigenvalue weighted by Gasteiger charge is -2.18. The van der Waals surface area contributed by atoms with Crippen LogP contribution < -0.4 is 4.18 Å². The highest BCUT2D eigenvalue weighted by Gasteiger charge is 2.48. The Morgan fingerprint density at radius 1 is 0.605 bits per heavy atom. The number of halogens is 3. The number of alkyl halides is 3. The summed E-state index contributed by atoms with van der Waals surface area (Å²) < 4.78 is 75.4. The van der Waals surface area contributed by atoms with Crippen LogP contribution in [0.2, 0.25) is 0 Å². The molecule has 226 valence electrons. The van der Waals surface area contributed by atoms with Gasteiger partial charge >= 0.3 is 15.6 Å². The van der Waals surface area contributed by atoms with Crippen molar-refractivity contribution < 1.29 is 39.7 Å². The Labute approximate surface area is 246 Å². The van der Waals surface area contributed by atoms with E-state index in [1.807, 2.05) is 39.0 Å². The first kappa shape index (κ1) is 30.3. The van der Waals surface area contributed by atoms with Crippen molar-refractivity contribution in [3.8, 4) is 11.5 Å². The third-order valence-electron chi connectivity index (χ3n) is 7.11. The quantitative estimate of drug-likeness (QED) is 0.155. The fourth-order valence-corrected chi connectivity index (χ4v) is 5.13. The van der Waals surface area contributed by atoms with Gasteiger partial charge in [0.2, 0.25) is 0 Å². The van der Waals surface area contributed by atoms with Crippen LogP contribution in [-0.2, 0) is 20.9 Å². The van der Waals surface area contributed by atoms with Gasteiger partial charge in [-0.2, -0.15) is 21.6 Å². The minimum Gasteiger partial charge on any atom is -0.508 e. The van der Waals surface area contributed by atoms with Crippen LogP contribution in [0.4, 0.5) is 13.2 Å². The van der Waals surface area contributed by atoms with Crippen molar-refractivity contribution in [1.29, 1.82) is 0 Å². The molecule has 0 saturated heterocycles. The normalized spacial score (nSPS) is 13.0. The maximum atomic E-state index is 12.5. The van der Waals surface area contributed by atoms with Gasteiger partial charge in [-0.15, -0.1) is 0 Å². The first-order valence-electron chi connectivity index (χ1n) is 13.5. The van der Waals surface area contributed by atoms with Gasteiger partial charge in [0.15, 0.2) is 0 Å². The molecule has 0 aliphatic carbocycles. The third-order valence-corrected chi connectivity index (χ3v) is 8.09. The van der Waals surface area contributed by atoms with E-state index in [1.54, 1.807) is 24.3 Å². The Balaban J connectivity index is 0.000000180. The van der Waals surface area contributed by atoms with E-state index in [1.165, 1.54) is 17.7 Å². The molecule has 6 nitrogen and oxygen atoms in total. The van der Waals surface area contributed by atoms with Gasteiger partial charge in [0, 0.05) is 21.5 Å². The molecule has 0 radical (unpaired) electrons. The van der Waals surface area contributed by atoms with Crippen LogP contribution in [0.5, 0.6) is 11.5 Å². The van der Waals surface area contributed by atoms with Gasteiger partial charge in [0.05, 0.1) is 0 Å². The standard InChI is InChI=1S/C17H15F3O4S.C16H16O2/c1-16(2,3)10-4-6-14-12(8-10)13-9-11(5-7-15(13)23-14)24-25(21,22)17(18,19)20;1-16(2,3)10-4-6-14-12(8-10)13-9-11(17)5-7-15(13)18-14/h4-9H,1-3H3;4-9,17H,1-3H3. The van der Waals surface area contributed by atoms with Crippen LogP contribution in [0, 0.1) is 0 Å². The summed E-state index contributed by atoms with van der Waals surface area (Å²) in [6.07, 6.45) is 0. The van der Waals surface area contributed by atoms with Crippen LogP contribution in [0.25, 0.3) is 43.9 Å². The second-order valence-electron chi connectivity index (χ2n) is 12.4. The smallest absolute Gasteiger partial charge is 0.508 e. The second kappa shape index (κ2) is 10.2. The monoisotopic (exact) mass is 612 g/mol. The molecule has 1 N–H and O–H groups in total. The molecule has 6 rings (SSSR count). The summed E-state index contributed by atoms with van der Waals surface area (Å²) in [5, 5.41) is 12.8. The number of hydrogen-bond acceptors (Lipinski definition) is 6. The maximum absolute atomic E-state index is 12.5. The average molecular weight is 613 g/mol. The highest BCUT2D eigenvalue weighted by Crippen LogP contribution is 2.37. The first-order valence-corrected chi connectivity index (χ1v) is 14.9. The Kier molecular flexibility index (Phi) is 7.20. The summed E-state index contributed by atoms with van der Waals surface area (Å²) in [4.78, 5) is 0. The summed E-state index contributed by atoms with van der Waals surface area (Å²) in [6.45, 7) is 12.7. The minimum atomic E-state index is -5.72. The van der Waals surface area contributed by atoms with Gasteiger partial charge in [0.1, 0.15) is 33.8 Å². The molecule has 6 aromatic rings. The maximum Gasteiger partial charge on any atom is 0.534 e. The lowest BCUT2D eigenvalue weighted by Crippen LogP contribution is -2.28. The summed E-state index contributed by atoms with van der Waals surface area (Å²) in [5.74, 6) is -0.153. The molecule has 0 bridgehead atoms. The molecule has 43 heavy (non-hydrogen) atoms. The number of rotatable bonds is 2. The van der Waals surface area contributed by atoms with Gasteiger partial charge in [-0.25, -0.2) is 0 Å². The molecular weight excluding hydrogens is 581 g/mol. The summed E-state index contributed by atoms with van der Waals surface area (Å²) in [6, 6.07) is 20.8. The lowest BCUT2D eigenvalue weighted by molar-refractivity contribution is -0.0500. The highest BCUT2D eigenvalue weighted by atomic mass is 32.2. The van der Waals surface area contributed by atoms with E-state index in [0.717, 1.165) is 33.6 Å². The fraction of sp³-hybridized carbons (Fsp3) is 0.273. The number of furan rings is 2. The number of hydrogen-bond donors (Lipinski definition) is 1. The average Bonchev–Trinajstić information content (AvgIpc) is 3.44. The van der Waals surface area contributed by atoms with Crippen LogP contribution in [0.3, 0.4) is 0 Å². The van der Waals surface area contributed by atoms with Crippen molar-refractivity contribution in [2.45, 2.75) is 57.9 Å². The summed E-state index contributed by atoms with van der Waals surface area (Å²) >= 11 is 0. The predicted octanol–water partition coefficient (Wildman–Crippen LogP) is 9.70. The predicted molar refractivity (Wildman–Crippen MR) is 162 cm³/mol. The largest absolute Gasteiger partial charge is 0.534 e. The van der Waals surface area contributed by atoms with Gasteiger partial charge in [-0.3, -0.25) is 0 Å². The molecule has 0 saturated carbocycles. The van der Waals surface area contributed by atoms with Crippen molar-refractivity contribution in [2.24, 2.45) is 0 Å². The highest BCUT2D eigenvalue weighted by molar-refractivity contribution is 7.88. The molecule has 4 aromatic carbocycles. The second-order valence-corrected chi connectivity index (χ2v) is 14.0. The van der Waals surface area contributed by atoms with Crippen LogP contribution in [0.1, 0.15) is 52.7 Å². The zero-order chi connectivity index (χ0) is 31.5. The van der Waals surface area contributed by atoms with Crippen LogP contribution in [-0.4, -0.2) is 19.0 Å². The zero-order valence-corrected chi connectivity index (χ0v) is 25.3. The molecular formula is C33H31F3O6S. The Morgan fingerprint density at radius 3 is 1.44 bits per heavy atom. The van der Waals surface area contributed by atoms with Crippen molar-refractivity contribution in [3.05, 3.63) is 83.9 Å². The van der Waals surface area contributed by atoms with Crippen molar-refractivity contribution >= 4 is 54.0 Å². The molecule has 0 amide bonds. The van der Waals surface area contributed by atoms with Crippen molar-refractivity contribution in [3.63, 3.8) is 0 Å². The van der Waals surface area contributed by atoms with E-state index in [0.29, 0.717) is 21.9 Å². The van der Waals surface area contributed by atoms with Crippen molar-refractivity contribution in [2.75, 3.05) is 0 Å². The Bertz CT molecular complexity index is 2090. The molecule has 0 atom stereocenters. The first-order chi connectivity index (χ1) is 19.8. The van der Waals surface area contributed by atoms with E-state index in [9.17, 15) is 26.7 Å². The van der Waals surface area contributed by atoms with E-state index in [2.05, 4.69) is 37.1 Å². The summed E-state index contributed by atoms with van der Waals surface area (Å²) in [5.41, 5.74) is -0.577. The van der Waals surface area contributed by atoms with Gasteiger partial charge in [-0.1, -0.05) is 53.7 Å². The molecule has 0 aliphatic rings. The van der Waals surface area contributed by atoms with Gasteiger partial charge in [-0.05, 0) is 82.6 Å². The molecule has 10 heteroatoms. The molecule has 0 fully saturated rings. The number of benzene rings is 4.